The van der Waals surface area contributed by atoms with Gasteiger partial charge >= 0.3 is 6.03 Å². The van der Waals surface area contributed by atoms with Crippen LogP contribution in [0.4, 0.5) is 4.79 Å². The van der Waals surface area contributed by atoms with E-state index < -0.39 is 23.3 Å². The van der Waals surface area contributed by atoms with Crippen molar-refractivity contribution in [2.45, 2.75) is 27.3 Å². The molecule has 0 atom stereocenters. The summed E-state index contributed by atoms with van der Waals surface area (Å²) < 4.78 is 0. The smallest absolute Gasteiger partial charge is 0.277 e. The Labute approximate surface area is 108 Å². The number of rotatable bonds is 2. The van der Waals surface area contributed by atoms with Gasteiger partial charge in [-0.3, -0.25) is 19.8 Å². The van der Waals surface area contributed by atoms with E-state index in [0.717, 1.165) is 15.5 Å². The number of barbiturate groups is 1. The van der Waals surface area contributed by atoms with Crippen molar-refractivity contribution in [3.63, 3.8) is 0 Å². The van der Waals surface area contributed by atoms with Gasteiger partial charge in [0.2, 0.25) is 11.8 Å². The van der Waals surface area contributed by atoms with Gasteiger partial charge < -0.3 is 0 Å². The van der Waals surface area contributed by atoms with Gasteiger partial charge in [-0.15, -0.1) is 11.3 Å². The summed E-state index contributed by atoms with van der Waals surface area (Å²) in [5.74, 6) is -1.04. The van der Waals surface area contributed by atoms with Gasteiger partial charge in [0, 0.05) is 4.88 Å². The molecular weight excluding hydrogens is 254 g/mol. The fourth-order valence-electron chi connectivity index (χ4n) is 1.61. The Morgan fingerprint density at radius 1 is 1.39 bits per heavy atom. The highest BCUT2D eigenvalue weighted by molar-refractivity contribution is 7.09. The van der Waals surface area contributed by atoms with E-state index in [1.165, 1.54) is 25.2 Å². The van der Waals surface area contributed by atoms with Crippen LogP contribution in [-0.4, -0.2) is 27.7 Å². The summed E-state index contributed by atoms with van der Waals surface area (Å²) in [7, 11) is 0. The van der Waals surface area contributed by atoms with E-state index in [1.54, 1.807) is 5.51 Å². The van der Waals surface area contributed by atoms with Gasteiger partial charge in [-0.05, 0) is 20.8 Å². The fourth-order valence-corrected chi connectivity index (χ4v) is 2.38. The van der Waals surface area contributed by atoms with Crippen LogP contribution in [0.15, 0.2) is 5.51 Å². The first kappa shape index (κ1) is 12.7. The van der Waals surface area contributed by atoms with Crippen LogP contribution >= 0.6 is 11.3 Å². The van der Waals surface area contributed by atoms with Crippen molar-refractivity contribution in [2.24, 2.45) is 5.41 Å². The third-order valence-electron chi connectivity index (χ3n) is 2.96. The van der Waals surface area contributed by atoms with Crippen molar-refractivity contribution in [3.8, 4) is 0 Å². The van der Waals surface area contributed by atoms with Gasteiger partial charge in [0.15, 0.2) is 0 Å². The predicted molar refractivity (Wildman–Crippen MR) is 64.7 cm³/mol. The van der Waals surface area contributed by atoms with Gasteiger partial charge in [0.1, 0.15) is 5.41 Å². The summed E-state index contributed by atoms with van der Waals surface area (Å²) in [5.41, 5.74) is 1.23. The van der Waals surface area contributed by atoms with Crippen molar-refractivity contribution < 1.29 is 14.4 Å². The highest BCUT2D eigenvalue weighted by Crippen LogP contribution is 2.26. The molecule has 1 aromatic heterocycles. The fraction of sp³-hybridized carbons (Fsp3) is 0.455. The molecule has 7 heteroatoms. The summed E-state index contributed by atoms with van der Waals surface area (Å²) in [4.78, 5) is 41.4. The summed E-state index contributed by atoms with van der Waals surface area (Å²) in [6.45, 7) is 4.97. The molecule has 6 nitrogen and oxygen atoms in total. The highest BCUT2D eigenvalue weighted by atomic mass is 32.1. The van der Waals surface area contributed by atoms with Crippen molar-refractivity contribution in [1.29, 1.82) is 0 Å². The number of thiazole rings is 1. The second-order valence-electron chi connectivity index (χ2n) is 4.64. The molecule has 0 radical (unpaired) electrons. The molecule has 1 fully saturated rings. The normalized spacial score (nSPS) is 19.1. The zero-order valence-electron chi connectivity index (χ0n) is 10.3. The average molecular weight is 267 g/mol. The van der Waals surface area contributed by atoms with Gasteiger partial charge in [-0.1, -0.05) is 0 Å². The lowest BCUT2D eigenvalue weighted by atomic mass is 9.89. The minimum absolute atomic E-state index is 0.151. The van der Waals surface area contributed by atoms with Gasteiger partial charge in [-0.25, -0.2) is 9.78 Å². The quantitative estimate of drug-likeness (QED) is 0.812. The Hall–Kier alpha value is -1.76. The van der Waals surface area contributed by atoms with Crippen molar-refractivity contribution >= 4 is 29.2 Å². The van der Waals surface area contributed by atoms with Gasteiger partial charge in [-0.2, -0.15) is 0 Å². The monoisotopic (exact) mass is 267 g/mol. The number of carbonyl (C=O) groups is 3. The predicted octanol–water partition coefficient (Wildman–Crippen LogP) is 1.06. The highest BCUT2D eigenvalue weighted by Gasteiger charge is 2.47. The standard InChI is InChI=1S/C11H13N3O3S/c1-6-7(18-5-12-6)4-14-9(16)11(2,3)8(15)13-10(14)17/h5H,4H2,1-3H3,(H,13,15,17). The largest absolute Gasteiger partial charge is 0.331 e. The molecule has 2 heterocycles. The lowest BCUT2D eigenvalue weighted by Gasteiger charge is -2.34. The molecule has 2 rings (SSSR count). The van der Waals surface area contributed by atoms with E-state index in [9.17, 15) is 14.4 Å². The van der Waals surface area contributed by atoms with Gasteiger partial charge in [0.25, 0.3) is 0 Å². The van der Waals surface area contributed by atoms with Gasteiger partial charge in [0.05, 0.1) is 17.7 Å². The van der Waals surface area contributed by atoms with E-state index in [-0.39, 0.29) is 6.54 Å². The average Bonchev–Trinajstić information content (AvgIpc) is 2.68. The lowest BCUT2D eigenvalue weighted by Crippen LogP contribution is -2.61. The molecule has 1 aliphatic rings. The van der Waals surface area contributed by atoms with Crippen LogP contribution in [0.3, 0.4) is 0 Å². The molecule has 18 heavy (non-hydrogen) atoms. The van der Waals surface area contributed by atoms with Crippen molar-refractivity contribution in [2.75, 3.05) is 0 Å². The van der Waals surface area contributed by atoms with Crippen LogP contribution < -0.4 is 5.32 Å². The Balaban J connectivity index is 2.27. The third-order valence-corrected chi connectivity index (χ3v) is 3.88. The number of amides is 4. The zero-order chi connectivity index (χ0) is 13.5. The van der Waals surface area contributed by atoms with Crippen LogP contribution in [0.5, 0.6) is 0 Å². The summed E-state index contributed by atoms with van der Waals surface area (Å²) in [6, 6.07) is -0.669. The number of hydrogen-bond donors (Lipinski definition) is 1. The zero-order valence-corrected chi connectivity index (χ0v) is 11.1. The number of hydrogen-bond acceptors (Lipinski definition) is 5. The maximum atomic E-state index is 12.1. The van der Waals surface area contributed by atoms with E-state index >= 15 is 0 Å². The first-order valence-corrected chi connectivity index (χ1v) is 6.28. The van der Waals surface area contributed by atoms with E-state index in [0.29, 0.717) is 0 Å². The molecule has 0 spiro atoms. The summed E-state index contributed by atoms with van der Waals surface area (Å²) in [6.07, 6.45) is 0. The molecule has 1 aromatic rings. The van der Waals surface area contributed by atoms with Crippen LogP contribution in [0.1, 0.15) is 24.4 Å². The van der Waals surface area contributed by atoms with Crippen molar-refractivity contribution in [3.05, 3.63) is 16.1 Å². The molecule has 96 valence electrons. The summed E-state index contributed by atoms with van der Waals surface area (Å²) >= 11 is 1.38. The Morgan fingerprint density at radius 3 is 2.61 bits per heavy atom. The van der Waals surface area contributed by atoms with Crippen LogP contribution in [0.2, 0.25) is 0 Å². The molecule has 0 unspecified atom stereocenters. The summed E-state index contributed by atoms with van der Waals surface area (Å²) in [5, 5.41) is 2.19. The number of nitrogens with one attached hydrogen (secondary N) is 1. The Bertz CT molecular complexity index is 535. The number of imide groups is 2. The third kappa shape index (κ3) is 1.90. The lowest BCUT2D eigenvalue weighted by molar-refractivity contribution is -0.149. The molecule has 4 amide bonds. The minimum Gasteiger partial charge on any atom is -0.277 e. The molecule has 1 saturated heterocycles. The molecule has 0 bridgehead atoms. The number of carbonyl (C=O) groups excluding carboxylic acids is 3. The molecule has 1 N–H and O–H groups in total. The number of urea groups is 1. The topological polar surface area (TPSA) is 79.4 Å². The SMILES string of the molecule is Cc1ncsc1CN1C(=O)NC(=O)C(C)(C)C1=O. The second-order valence-corrected chi connectivity index (χ2v) is 5.58. The van der Waals surface area contributed by atoms with Crippen LogP contribution in [-0.2, 0) is 16.1 Å². The minimum atomic E-state index is -1.22. The van der Waals surface area contributed by atoms with Crippen LogP contribution in [0, 0.1) is 12.3 Å². The first-order chi connectivity index (χ1) is 8.34. The number of nitrogens with zero attached hydrogens (tertiary/aromatic N) is 2. The molecular formula is C11H13N3O3S. The Kier molecular flexibility index (Phi) is 2.94. The second kappa shape index (κ2) is 4.16. The van der Waals surface area contributed by atoms with Crippen LogP contribution in [0.25, 0.3) is 0 Å². The van der Waals surface area contributed by atoms with E-state index in [4.69, 9.17) is 0 Å². The molecule has 0 aromatic carbocycles. The van der Waals surface area contributed by atoms with Crippen molar-refractivity contribution in [1.82, 2.24) is 15.2 Å². The number of aromatic nitrogens is 1. The maximum absolute atomic E-state index is 12.1. The Morgan fingerprint density at radius 2 is 2.06 bits per heavy atom. The molecule has 1 aliphatic heterocycles. The number of aryl methyl sites for hydroxylation is 1. The molecule has 0 aliphatic carbocycles. The maximum Gasteiger partial charge on any atom is 0.331 e. The molecule has 0 saturated carbocycles. The van der Waals surface area contributed by atoms with E-state index in [1.807, 2.05) is 6.92 Å². The van der Waals surface area contributed by atoms with E-state index in [2.05, 4.69) is 10.3 Å². The first-order valence-electron chi connectivity index (χ1n) is 5.40.